The first-order valence-corrected chi connectivity index (χ1v) is 12.2. The molecule has 0 saturated carbocycles. The molecule has 1 aliphatic rings. The fourth-order valence-electron chi connectivity index (χ4n) is 3.08. The predicted molar refractivity (Wildman–Crippen MR) is 122 cm³/mol. The first-order chi connectivity index (χ1) is 14.1. The molecule has 0 fully saturated rings. The molecule has 2 aromatic heterocycles. The minimum Gasteiger partial charge on any atom is -0.337 e. The molecule has 1 aromatic carbocycles. The summed E-state index contributed by atoms with van der Waals surface area (Å²) in [5.74, 6) is 0.433. The zero-order valence-electron chi connectivity index (χ0n) is 15.4. The van der Waals surface area contributed by atoms with Gasteiger partial charge < -0.3 is 10.2 Å². The molecule has 3 heterocycles. The Kier molecular flexibility index (Phi) is 6.54. The Morgan fingerprint density at radius 2 is 2.00 bits per heavy atom. The highest BCUT2D eigenvalue weighted by Crippen LogP contribution is 2.32. The van der Waals surface area contributed by atoms with Crippen LogP contribution in [0.4, 0.5) is 5.13 Å². The lowest BCUT2D eigenvalue weighted by Crippen LogP contribution is -2.37. The summed E-state index contributed by atoms with van der Waals surface area (Å²) in [4.78, 5) is 31.9. The van der Waals surface area contributed by atoms with Crippen LogP contribution in [0.3, 0.4) is 0 Å². The second kappa shape index (κ2) is 9.30. The topological polar surface area (TPSA) is 62.3 Å². The van der Waals surface area contributed by atoms with Crippen molar-refractivity contribution in [1.82, 2.24) is 9.88 Å². The SMILES string of the molecule is O=C(CSCC(=O)N1CCc2ccccc2C1)Nc1nc(-c2ccc(Cl)s2)cs1. The quantitative estimate of drug-likeness (QED) is 0.571. The molecule has 5 nitrogen and oxygen atoms in total. The van der Waals surface area contributed by atoms with Crippen LogP contribution in [0.2, 0.25) is 4.34 Å². The van der Waals surface area contributed by atoms with Gasteiger partial charge in [-0.25, -0.2) is 4.98 Å². The molecule has 9 heteroatoms. The fraction of sp³-hybridized carbons (Fsp3) is 0.250. The van der Waals surface area contributed by atoms with Gasteiger partial charge in [0.25, 0.3) is 0 Å². The van der Waals surface area contributed by atoms with Crippen molar-refractivity contribution in [2.45, 2.75) is 13.0 Å². The molecule has 4 rings (SSSR count). The Morgan fingerprint density at radius 1 is 1.17 bits per heavy atom. The van der Waals surface area contributed by atoms with Crippen molar-refractivity contribution >= 4 is 63.0 Å². The average molecular weight is 464 g/mol. The Hall–Kier alpha value is -1.87. The van der Waals surface area contributed by atoms with E-state index in [1.54, 1.807) is 0 Å². The number of nitrogens with one attached hydrogen (secondary N) is 1. The first kappa shape index (κ1) is 20.4. The number of thiazole rings is 1. The van der Waals surface area contributed by atoms with Crippen LogP contribution >= 0.6 is 46.0 Å². The van der Waals surface area contributed by atoms with Crippen LogP contribution < -0.4 is 5.32 Å². The first-order valence-electron chi connectivity index (χ1n) is 9.02. The van der Waals surface area contributed by atoms with Gasteiger partial charge in [0.1, 0.15) is 0 Å². The van der Waals surface area contributed by atoms with Gasteiger partial charge in [-0.2, -0.15) is 0 Å². The van der Waals surface area contributed by atoms with Gasteiger partial charge in [0.15, 0.2) is 5.13 Å². The molecule has 1 N–H and O–H groups in total. The number of aromatic nitrogens is 1. The number of hydrogen-bond acceptors (Lipinski definition) is 6. The Labute approximate surface area is 186 Å². The van der Waals surface area contributed by atoms with Gasteiger partial charge in [-0.3, -0.25) is 9.59 Å². The smallest absolute Gasteiger partial charge is 0.236 e. The van der Waals surface area contributed by atoms with E-state index in [1.807, 2.05) is 34.5 Å². The third-order valence-corrected chi connectivity index (χ3v) is 7.45. The maximum Gasteiger partial charge on any atom is 0.236 e. The summed E-state index contributed by atoms with van der Waals surface area (Å²) >= 11 is 10.1. The van der Waals surface area contributed by atoms with Crippen LogP contribution in [0.5, 0.6) is 0 Å². The second-order valence-electron chi connectivity index (χ2n) is 6.52. The summed E-state index contributed by atoms with van der Waals surface area (Å²) in [6, 6.07) is 12.0. The van der Waals surface area contributed by atoms with E-state index in [4.69, 9.17) is 11.6 Å². The number of anilines is 1. The number of carbonyl (C=O) groups is 2. The van der Waals surface area contributed by atoms with Crippen molar-refractivity contribution in [3.63, 3.8) is 0 Å². The van der Waals surface area contributed by atoms with E-state index >= 15 is 0 Å². The maximum atomic E-state index is 12.5. The zero-order chi connectivity index (χ0) is 20.2. The minimum absolute atomic E-state index is 0.0726. The number of nitrogens with zero attached hydrogens (tertiary/aromatic N) is 2. The van der Waals surface area contributed by atoms with Gasteiger partial charge in [-0.05, 0) is 29.7 Å². The van der Waals surface area contributed by atoms with Gasteiger partial charge in [-0.15, -0.1) is 34.4 Å². The number of amides is 2. The Bertz CT molecular complexity index is 1030. The van der Waals surface area contributed by atoms with Crippen molar-refractivity contribution in [1.29, 1.82) is 0 Å². The van der Waals surface area contributed by atoms with Gasteiger partial charge in [0.05, 0.1) is 26.4 Å². The van der Waals surface area contributed by atoms with E-state index in [9.17, 15) is 9.59 Å². The normalized spacial score (nSPS) is 13.2. The lowest BCUT2D eigenvalue weighted by molar-refractivity contribution is -0.129. The van der Waals surface area contributed by atoms with E-state index in [0.717, 1.165) is 23.5 Å². The van der Waals surface area contributed by atoms with E-state index in [-0.39, 0.29) is 17.6 Å². The number of hydrogen-bond donors (Lipinski definition) is 1. The molecule has 0 radical (unpaired) electrons. The summed E-state index contributed by atoms with van der Waals surface area (Å²) in [6.07, 6.45) is 0.884. The summed E-state index contributed by atoms with van der Waals surface area (Å²) < 4.78 is 0.705. The van der Waals surface area contributed by atoms with E-state index in [2.05, 4.69) is 22.4 Å². The molecular formula is C20H18ClN3O2S3. The van der Waals surface area contributed by atoms with E-state index in [0.29, 0.717) is 21.8 Å². The molecule has 0 spiro atoms. The molecule has 29 heavy (non-hydrogen) atoms. The molecule has 150 valence electrons. The number of thioether (sulfide) groups is 1. The Balaban J connectivity index is 1.22. The van der Waals surface area contributed by atoms with Gasteiger partial charge >= 0.3 is 0 Å². The van der Waals surface area contributed by atoms with Crippen molar-refractivity contribution < 1.29 is 9.59 Å². The number of carbonyl (C=O) groups excluding carboxylic acids is 2. The highest BCUT2D eigenvalue weighted by molar-refractivity contribution is 8.00. The lowest BCUT2D eigenvalue weighted by Gasteiger charge is -2.28. The standard InChI is InChI=1S/C20H18ClN3O2S3/c21-17-6-5-16(29-17)15-10-28-20(22-15)23-18(25)11-27-12-19(26)24-8-7-13-3-1-2-4-14(13)9-24/h1-6,10H,7-9,11-12H2,(H,22,23,25). The predicted octanol–water partition coefficient (Wildman–Crippen LogP) is 4.78. The highest BCUT2D eigenvalue weighted by atomic mass is 35.5. The van der Waals surface area contributed by atoms with Crippen molar-refractivity contribution in [2.24, 2.45) is 0 Å². The zero-order valence-corrected chi connectivity index (χ0v) is 18.6. The maximum absolute atomic E-state index is 12.5. The summed E-state index contributed by atoms with van der Waals surface area (Å²) in [5.41, 5.74) is 3.33. The van der Waals surface area contributed by atoms with Crippen molar-refractivity contribution in [2.75, 3.05) is 23.4 Å². The Morgan fingerprint density at radius 3 is 2.79 bits per heavy atom. The van der Waals surface area contributed by atoms with Gasteiger partial charge in [-0.1, -0.05) is 35.9 Å². The largest absolute Gasteiger partial charge is 0.337 e. The number of thiophene rings is 1. The average Bonchev–Trinajstić information content (AvgIpc) is 3.36. The van der Waals surface area contributed by atoms with Crippen LogP contribution in [-0.2, 0) is 22.6 Å². The lowest BCUT2D eigenvalue weighted by atomic mass is 10.00. The molecule has 0 atom stereocenters. The molecule has 0 unspecified atom stereocenters. The van der Waals surface area contributed by atoms with Crippen LogP contribution in [-0.4, -0.2) is 39.7 Å². The number of rotatable bonds is 6. The van der Waals surface area contributed by atoms with E-state index in [1.165, 1.54) is 45.6 Å². The minimum atomic E-state index is -0.156. The number of fused-ring (bicyclic) bond motifs is 1. The summed E-state index contributed by atoms with van der Waals surface area (Å²) in [5, 5.41) is 5.24. The molecular weight excluding hydrogens is 446 g/mol. The third-order valence-electron chi connectivity index (χ3n) is 4.52. The molecule has 3 aromatic rings. The third kappa shape index (κ3) is 5.19. The van der Waals surface area contributed by atoms with Gasteiger partial charge in [0, 0.05) is 18.5 Å². The number of halogens is 1. The van der Waals surface area contributed by atoms with Gasteiger partial charge in [0.2, 0.25) is 11.8 Å². The monoisotopic (exact) mass is 463 g/mol. The fourth-order valence-corrected chi connectivity index (χ4v) is 5.60. The molecule has 0 saturated heterocycles. The molecule has 0 bridgehead atoms. The van der Waals surface area contributed by atoms with Crippen LogP contribution in [0, 0.1) is 0 Å². The number of benzene rings is 1. The van der Waals surface area contributed by atoms with Crippen LogP contribution in [0.1, 0.15) is 11.1 Å². The molecule has 2 amide bonds. The molecule has 0 aliphatic carbocycles. The van der Waals surface area contributed by atoms with Crippen molar-refractivity contribution in [3.8, 4) is 10.6 Å². The molecule has 1 aliphatic heterocycles. The highest BCUT2D eigenvalue weighted by Gasteiger charge is 2.20. The second-order valence-corrected chi connectivity index (χ2v) is 10.1. The summed E-state index contributed by atoms with van der Waals surface area (Å²) in [7, 11) is 0. The van der Waals surface area contributed by atoms with Crippen molar-refractivity contribution in [3.05, 3.63) is 57.2 Å². The van der Waals surface area contributed by atoms with E-state index < -0.39 is 0 Å². The van der Waals surface area contributed by atoms with Crippen LogP contribution in [0.25, 0.3) is 10.6 Å². The summed E-state index contributed by atoms with van der Waals surface area (Å²) in [6.45, 7) is 1.38. The van der Waals surface area contributed by atoms with Crippen LogP contribution in [0.15, 0.2) is 41.8 Å².